The number of pyridine rings is 1. The van der Waals surface area contributed by atoms with Gasteiger partial charge in [0.1, 0.15) is 0 Å². The molecule has 0 bridgehead atoms. The van der Waals surface area contributed by atoms with Crippen LogP contribution in [-0.2, 0) is 21.3 Å². The summed E-state index contributed by atoms with van der Waals surface area (Å²) in [7, 11) is -3.55. The number of nitrogens with zero attached hydrogens (tertiary/aromatic N) is 3. The zero-order valence-electron chi connectivity index (χ0n) is 17.5. The van der Waals surface area contributed by atoms with Crippen molar-refractivity contribution in [2.45, 2.75) is 44.2 Å². The van der Waals surface area contributed by atoms with E-state index in [0.717, 1.165) is 25.0 Å². The first-order valence-corrected chi connectivity index (χ1v) is 11.8. The number of hydrogen-bond donors (Lipinski definition) is 0. The summed E-state index contributed by atoms with van der Waals surface area (Å²) in [4.78, 5) is 19.3. The molecule has 0 aliphatic carbocycles. The van der Waals surface area contributed by atoms with Gasteiger partial charge in [0, 0.05) is 50.7 Å². The van der Waals surface area contributed by atoms with Crippen LogP contribution in [0.15, 0.2) is 53.7 Å². The van der Waals surface area contributed by atoms with Crippen LogP contribution in [0.25, 0.3) is 0 Å². The Morgan fingerprint density at radius 3 is 2.47 bits per heavy atom. The number of sulfonamides is 1. The third-order valence-electron chi connectivity index (χ3n) is 5.28. The molecule has 1 aliphatic rings. The number of amides is 1. The Labute approximate surface area is 178 Å². The average Bonchev–Trinajstić information content (AvgIpc) is 3.27. The Morgan fingerprint density at radius 1 is 1.17 bits per heavy atom. The van der Waals surface area contributed by atoms with E-state index in [9.17, 15) is 13.2 Å². The Morgan fingerprint density at radius 2 is 1.90 bits per heavy atom. The van der Waals surface area contributed by atoms with E-state index in [4.69, 9.17) is 4.74 Å². The highest BCUT2D eigenvalue weighted by molar-refractivity contribution is 7.89. The third-order valence-corrected chi connectivity index (χ3v) is 7.34. The number of carbonyl (C=O) groups excluding carboxylic acids is 1. The monoisotopic (exact) mass is 431 g/mol. The highest BCUT2D eigenvalue weighted by atomic mass is 32.2. The van der Waals surface area contributed by atoms with Gasteiger partial charge in [0.2, 0.25) is 10.0 Å². The van der Waals surface area contributed by atoms with Crippen LogP contribution in [0, 0.1) is 0 Å². The molecule has 1 aliphatic heterocycles. The van der Waals surface area contributed by atoms with Gasteiger partial charge in [-0.3, -0.25) is 9.78 Å². The number of carbonyl (C=O) groups is 1. The van der Waals surface area contributed by atoms with Crippen molar-refractivity contribution in [3.05, 3.63) is 59.9 Å². The molecule has 2 aromatic rings. The molecule has 7 nitrogen and oxygen atoms in total. The minimum atomic E-state index is -3.55. The lowest BCUT2D eigenvalue weighted by Crippen LogP contribution is -2.37. The molecular weight excluding hydrogens is 402 g/mol. The molecule has 8 heteroatoms. The van der Waals surface area contributed by atoms with Gasteiger partial charge >= 0.3 is 0 Å². The third kappa shape index (κ3) is 5.24. The molecule has 0 N–H and O–H groups in total. The lowest BCUT2D eigenvalue weighted by atomic mass is 10.1. The minimum absolute atomic E-state index is 0.0212. The molecule has 1 atom stereocenters. The Kier molecular flexibility index (Phi) is 7.58. The van der Waals surface area contributed by atoms with Gasteiger partial charge in [-0.25, -0.2) is 8.42 Å². The standard InChI is InChI=1S/C22H29N3O4S/c1-3-25(4-2)30(27,28)21-11-9-19(10-12-21)22(26)24(17-20-8-6-14-29-20)16-18-7-5-13-23-15-18/h5,7,9-13,15,20H,3-4,6,8,14,16-17H2,1-2H3. The van der Waals surface area contributed by atoms with Gasteiger partial charge in [0.05, 0.1) is 11.0 Å². The molecule has 1 unspecified atom stereocenters. The molecule has 1 saturated heterocycles. The summed E-state index contributed by atoms with van der Waals surface area (Å²) in [5, 5.41) is 0. The highest BCUT2D eigenvalue weighted by Gasteiger charge is 2.25. The first-order chi connectivity index (χ1) is 14.5. The van der Waals surface area contributed by atoms with Crippen LogP contribution in [0.1, 0.15) is 42.6 Å². The average molecular weight is 432 g/mol. The maximum absolute atomic E-state index is 13.2. The number of aromatic nitrogens is 1. The van der Waals surface area contributed by atoms with E-state index in [2.05, 4.69) is 4.98 Å². The molecule has 1 amide bonds. The smallest absolute Gasteiger partial charge is 0.254 e. The summed E-state index contributed by atoms with van der Waals surface area (Å²) in [5.74, 6) is -0.152. The van der Waals surface area contributed by atoms with Crippen molar-refractivity contribution in [3.8, 4) is 0 Å². The summed E-state index contributed by atoms with van der Waals surface area (Å²) in [5.41, 5.74) is 1.39. The molecule has 2 heterocycles. The van der Waals surface area contributed by atoms with Crippen molar-refractivity contribution >= 4 is 15.9 Å². The van der Waals surface area contributed by atoms with Crippen molar-refractivity contribution in [1.82, 2.24) is 14.2 Å². The van der Waals surface area contributed by atoms with E-state index in [1.165, 1.54) is 16.4 Å². The SMILES string of the molecule is CCN(CC)S(=O)(=O)c1ccc(C(=O)N(Cc2cccnc2)CC2CCCO2)cc1. The van der Waals surface area contributed by atoms with Crippen molar-refractivity contribution in [2.75, 3.05) is 26.2 Å². The molecule has 30 heavy (non-hydrogen) atoms. The van der Waals surface area contributed by atoms with E-state index < -0.39 is 10.0 Å². The fourth-order valence-corrected chi connectivity index (χ4v) is 5.09. The topological polar surface area (TPSA) is 79.8 Å². The molecule has 1 aromatic heterocycles. The summed E-state index contributed by atoms with van der Waals surface area (Å²) in [6.45, 7) is 6.05. The second-order valence-corrected chi connectivity index (χ2v) is 9.23. The number of hydrogen-bond acceptors (Lipinski definition) is 5. The fourth-order valence-electron chi connectivity index (χ4n) is 3.63. The van der Waals surface area contributed by atoms with Gasteiger partial charge in [0.25, 0.3) is 5.91 Å². The van der Waals surface area contributed by atoms with E-state index in [1.807, 2.05) is 12.1 Å². The zero-order chi connectivity index (χ0) is 21.6. The second kappa shape index (κ2) is 10.1. The highest BCUT2D eigenvalue weighted by Crippen LogP contribution is 2.20. The molecule has 0 radical (unpaired) electrons. The fraction of sp³-hybridized carbons (Fsp3) is 0.455. The van der Waals surface area contributed by atoms with Gasteiger partial charge in [-0.1, -0.05) is 19.9 Å². The summed E-state index contributed by atoms with van der Waals surface area (Å²) in [6.07, 6.45) is 5.39. The molecule has 162 valence electrons. The summed E-state index contributed by atoms with van der Waals surface area (Å²) < 4.78 is 32.5. The van der Waals surface area contributed by atoms with Crippen molar-refractivity contribution in [3.63, 3.8) is 0 Å². The molecule has 1 aromatic carbocycles. The maximum Gasteiger partial charge on any atom is 0.254 e. The normalized spacial score (nSPS) is 16.7. The first kappa shape index (κ1) is 22.4. The van der Waals surface area contributed by atoms with Gasteiger partial charge in [0.15, 0.2) is 0 Å². The van der Waals surface area contributed by atoms with Crippen molar-refractivity contribution < 1.29 is 17.9 Å². The molecule has 0 spiro atoms. The van der Waals surface area contributed by atoms with Crippen LogP contribution < -0.4 is 0 Å². The van der Waals surface area contributed by atoms with Gasteiger partial charge in [-0.05, 0) is 48.7 Å². The number of rotatable bonds is 9. The van der Waals surface area contributed by atoms with Crippen LogP contribution in [0.3, 0.4) is 0 Å². The predicted molar refractivity (Wildman–Crippen MR) is 115 cm³/mol. The molecular formula is C22H29N3O4S. The van der Waals surface area contributed by atoms with Crippen LogP contribution in [0.4, 0.5) is 0 Å². The Balaban J connectivity index is 1.81. The van der Waals surface area contributed by atoms with Crippen molar-refractivity contribution in [2.24, 2.45) is 0 Å². The number of ether oxygens (including phenoxy) is 1. The van der Waals surface area contributed by atoms with E-state index >= 15 is 0 Å². The lowest BCUT2D eigenvalue weighted by molar-refractivity contribution is 0.0507. The van der Waals surface area contributed by atoms with Gasteiger partial charge < -0.3 is 9.64 Å². The van der Waals surface area contributed by atoms with Gasteiger partial charge in [-0.15, -0.1) is 0 Å². The second-order valence-electron chi connectivity index (χ2n) is 7.30. The molecule has 0 saturated carbocycles. The first-order valence-electron chi connectivity index (χ1n) is 10.4. The Bertz CT molecular complexity index is 923. The zero-order valence-corrected chi connectivity index (χ0v) is 18.3. The molecule has 1 fully saturated rings. The maximum atomic E-state index is 13.2. The van der Waals surface area contributed by atoms with Crippen LogP contribution in [0.2, 0.25) is 0 Å². The van der Waals surface area contributed by atoms with E-state index in [-0.39, 0.29) is 16.9 Å². The summed E-state index contributed by atoms with van der Waals surface area (Å²) >= 11 is 0. The van der Waals surface area contributed by atoms with Crippen molar-refractivity contribution in [1.29, 1.82) is 0 Å². The Hall–Kier alpha value is -2.29. The van der Waals surface area contributed by atoms with E-state index in [0.29, 0.717) is 31.7 Å². The van der Waals surface area contributed by atoms with Crippen LogP contribution in [0.5, 0.6) is 0 Å². The quantitative estimate of drug-likeness (QED) is 0.610. The number of benzene rings is 1. The largest absolute Gasteiger partial charge is 0.376 e. The van der Waals surface area contributed by atoms with Gasteiger partial charge in [-0.2, -0.15) is 4.31 Å². The minimum Gasteiger partial charge on any atom is -0.376 e. The van der Waals surface area contributed by atoms with Crippen LogP contribution in [-0.4, -0.2) is 60.9 Å². The summed E-state index contributed by atoms with van der Waals surface area (Å²) in [6, 6.07) is 9.97. The van der Waals surface area contributed by atoms with Crippen LogP contribution >= 0.6 is 0 Å². The lowest BCUT2D eigenvalue weighted by Gasteiger charge is -2.26. The molecule has 3 rings (SSSR count). The van der Waals surface area contributed by atoms with E-state index in [1.54, 1.807) is 43.3 Å². The predicted octanol–water partition coefficient (Wildman–Crippen LogP) is 2.93.